The molecule has 2 nitrogen and oxygen atoms in total. The predicted molar refractivity (Wildman–Crippen MR) is 87.2 cm³/mol. The summed E-state index contributed by atoms with van der Waals surface area (Å²) in [4.78, 5) is 12.9. The van der Waals surface area contributed by atoms with E-state index >= 15 is 0 Å². The number of rotatable bonds is 4. The van der Waals surface area contributed by atoms with Gasteiger partial charge in [-0.25, -0.2) is 0 Å². The summed E-state index contributed by atoms with van der Waals surface area (Å²) in [7, 11) is 0. The van der Waals surface area contributed by atoms with Crippen LogP contribution in [0.15, 0.2) is 40.2 Å². The standard InChI is InChI=1S/C14H13Br2NOS/c1-9-7-12(19-13(9)16)14(18)17-8-11(15)10-5-3-2-4-6-10/h2-7,11H,8H2,1H3,(H,17,18). The zero-order valence-electron chi connectivity index (χ0n) is 10.3. The number of carbonyl (C=O) groups is 1. The molecule has 100 valence electrons. The van der Waals surface area contributed by atoms with E-state index < -0.39 is 0 Å². The van der Waals surface area contributed by atoms with Crippen molar-refractivity contribution in [2.24, 2.45) is 0 Å². The fraction of sp³-hybridized carbons (Fsp3) is 0.214. The van der Waals surface area contributed by atoms with Gasteiger partial charge in [-0.05, 0) is 40.0 Å². The van der Waals surface area contributed by atoms with Crippen LogP contribution in [0.3, 0.4) is 0 Å². The van der Waals surface area contributed by atoms with E-state index in [2.05, 4.69) is 37.2 Å². The van der Waals surface area contributed by atoms with E-state index in [0.717, 1.165) is 19.8 Å². The van der Waals surface area contributed by atoms with Crippen molar-refractivity contribution in [2.45, 2.75) is 11.8 Å². The second-order valence-electron chi connectivity index (χ2n) is 4.16. The highest BCUT2D eigenvalue weighted by Gasteiger charge is 2.13. The van der Waals surface area contributed by atoms with E-state index in [1.165, 1.54) is 11.3 Å². The lowest BCUT2D eigenvalue weighted by atomic mass is 10.1. The molecule has 2 aromatic rings. The van der Waals surface area contributed by atoms with E-state index in [0.29, 0.717) is 6.54 Å². The molecule has 0 bridgehead atoms. The van der Waals surface area contributed by atoms with Crippen molar-refractivity contribution in [3.05, 3.63) is 56.2 Å². The number of aryl methyl sites for hydroxylation is 1. The molecule has 0 saturated carbocycles. The van der Waals surface area contributed by atoms with Gasteiger partial charge in [0.2, 0.25) is 0 Å². The lowest BCUT2D eigenvalue weighted by Gasteiger charge is -2.10. The number of thiophene rings is 1. The Morgan fingerprint density at radius 2 is 2.05 bits per heavy atom. The van der Waals surface area contributed by atoms with Crippen LogP contribution in [0.2, 0.25) is 0 Å². The molecule has 0 radical (unpaired) electrons. The number of halogens is 2. The molecule has 1 N–H and O–H groups in total. The van der Waals surface area contributed by atoms with Crippen LogP contribution in [0.25, 0.3) is 0 Å². The number of carbonyl (C=O) groups excluding carboxylic acids is 1. The van der Waals surface area contributed by atoms with Crippen LogP contribution in [0.5, 0.6) is 0 Å². The smallest absolute Gasteiger partial charge is 0.261 e. The van der Waals surface area contributed by atoms with E-state index in [4.69, 9.17) is 0 Å². The lowest BCUT2D eigenvalue weighted by Crippen LogP contribution is -2.25. The minimum Gasteiger partial charge on any atom is -0.350 e. The van der Waals surface area contributed by atoms with Crippen molar-refractivity contribution in [3.8, 4) is 0 Å². The van der Waals surface area contributed by atoms with Crippen LogP contribution in [0.1, 0.15) is 25.6 Å². The Bertz CT molecular complexity index is 549. The molecule has 1 heterocycles. The molecular weight excluding hydrogens is 390 g/mol. The van der Waals surface area contributed by atoms with E-state index in [1.54, 1.807) is 0 Å². The van der Waals surface area contributed by atoms with Crippen LogP contribution in [0.4, 0.5) is 0 Å². The topological polar surface area (TPSA) is 29.1 Å². The van der Waals surface area contributed by atoms with Crippen LogP contribution in [-0.2, 0) is 0 Å². The number of nitrogens with one attached hydrogen (secondary N) is 1. The quantitative estimate of drug-likeness (QED) is 0.738. The van der Waals surface area contributed by atoms with Crippen molar-refractivity contribution >= 4 is 49.1 Å². The van der Waals surface area contributed by atoms with Gasteiger partial charge >= 0.3 is 0 Å². The van der Waals surface area contributed by atoms with Crippen molar-refractivity contribution in [3.63, 3.8) is 0 Å². The monoisotopic (exact) mass is 401 g/mol. The first-order valence-corrected chi connectivity index (χ1v) is 8.33. The van der Waals surface area contributed by atoms with Gasteiger partial charge in [0.05, 0.1) is 13.5 Å². The molecule has 1 atom stereocenters. The second kappa shape index (κ2) is 6.68. The molecule has 0 aliphatic carbocycles. The molecule has 1 unspecified atom stereocenters. The first-order chi connectivity index (χ1) is 9.08. The minimum atomic E-state index is -0.0285. The molecule has 0 fully saturated rings. The largest absolute Gasteiger partial charge is 0.350 e. The highest BCUT2D eigenvalue weighted by atomic mass is 79.9. The number of hydrogen-bond acceptors (Lipinski definition) is 2. The first-order valence-electron chi connectivity index (χ1n) is 5.81. The van der Waals surface area contributed by atoms with Crippen molar-refractivity contribution in [1.82, 2.24) is 5.32 Å². The highest BCUT2D eigenvalue weighted by molar-refractivity contribution is 9.11. The molecule has 2 rings (SSSR count). The van der Waals surface area contributed by atoms with Gasteiger partial charge in [0.25, 0.3) is 5.91 Å². The summed E-state index contributed by atoms with van der Waals surface area (Å²) < 4.78 is 1.01. The molecule has 5 heteroatoms. The van der Waals surface area contributed by atoms with Gasteiger partial charge in [-0.15, -0.1) is 11.3 Å². The van der Waals surface area contributed by atoms with Crippen LogP contribution in [0, 0.1) is 6.92 Å². The fourth-order valence-corrected chi connectivity index (χ4v) is 3.54. The van der Waals surface area contributed by atoms with Crippen LogP contribution >= 0.6 is 43.2 Å². The summed E-state index contributed by atoms with van der Waals surface area (Å²) in [6, 6.07) is 11.9. The number of alkyl halides is 1. The van der Waals surface area contributed by atoms with Crippen molar-refractivity contribution < 1.29 is 4.79 Å². The Morgan fingerprint density at radius 1 is 1.37 bits per heavy atom. The maximum absolute atomic E-state index is 12.0. The average molecular weight is 403 g/mol. The predicted octanol–water partition coefficient (Wildman–Crippen LogP) is 4.69. The summed E-state index contributed by atoms with van der Waals surface area (Å²) in [5.74, 6) is -0.0285. The van der Waals surface area contributed by atoms with Gasteiger partial charge in [0.1, 0.15) is 0 Å². The van der Waals surface area contributed by atoms with Crippen LogP contribution < -0.4 is 5.32 Å². The number of amides is 1. The summed E-state index contributed by atoms with van der Waals surface area (Å²) >= 11 is 8.48. The van der Waals surface area contributed by atoms with Gasteiger partial charge in [0.15, 0.2) is 0 Å². The van der Waals surface area contributed by atoms with E-state index in [1.807, 2.05) is 43.3 Å². The van der Waals surface area contributed by atoms with Gasteiger partial charge < -0.3 is 5.32 Å². The second-order valence-corrected chi connectivity index (χ2v) is 7.63. The van der Waals surface area contributed by atoms with E-state index in [-0.39, 0.29) is 10.7 Å². The third-order valence-corrected chi connectivity index (χ3v) is 5.67. The fourth-order valence-electron chi connectivity index (χ4n) is 1.62. The number of benzene rings is 1. The van der Waals surface area contributed by atoms with E-state index in [9.17, 15) is 4.79 Å². The van der Waals surface area contributed by atoms with Gasteiger partial charge in [-0.1, -0.05) is 46.3 Å². The SMILES string of the molecule is Cc1cc(C(=O)NCC(Br)c2ccccc2)sc1Br. The highest BCUT2D eigenvalue weighted by Crippen LogP contribution is 2.27. The Labute approximate surface area is 133 Å². The third kappa shape index (κ3) is 3.91. The molecule has 0 spiro atoms. The Morgan fingerprint density at radius 3 is 2.63 bits per heavy atom. The molecule has 1 aromatic heterocycles. The van der Waals surface area contributed by atoms with Crippen LogP contribution in [-0.4, -0.2) is 12.5 Å². The molecule has 0 aliphatic heterocycles. The molecule has 1 aromatic carbocycles. The molecular formula is C14H13Br2NOS. The summed E-state index contributed by atoms with van der Waals surface area (Å²) in [5, 5.41) is 2.94. The van der Waals surface area contributed by atoms with Gasteiger partial charge in [-0.2, -0.15) is 0 Å². The van der Waals surface area contributed by atoms with Crippen molar-refractivity contribution in [1.29, 1.82) is 0 Å². The summed E-state index contributed by atoms with van der Waals surface area (Å²) in [5.41, 5.74) is 2.25. The molecule has 1 amide bonds. The maximum Gasteiger partial charge on any atom is 0.261 e. The van der Waals surface area contributed by atoms with Gasteiger partial charge in [0, 0.05) is 6.54 Å². The normalized spacial score (nSPS) is 12.2. The third-order valence-electron chi connectivity index (χ3n) is 2.68. The average Bonchev–Trinajstić information content (AvgIpc) is 2.77. The summed E-state index contributed by atoms with van der Waals surface area (Å²) in [6.07, 6.45) is 0. The summed E-state index contributed by atoms with van der Waals surface area (Å²) in [6.45, 7) is 2.55. The first kappa shape index (κ1) is 14.8. The minimum absolute atomic E-state index is 0.0285. The zero-order chi connectivity index (χ0) is 13.8. The van der Waals surface area contributed by atoms with Gasteiger partial charge in [-0.3, -0.25) is 4.79 Å². The lowest BCUT2D eigenvalue weighted by molar-refractivity contribution is 0.0958. The molecule has 0 saturated heterocycles. The Balaban J connectivity index is 1.94. The Kier molecular flexibility index (Phi) is 5.19. The maximum atomic E-state index is 12.0. The zero-order valence-corrected chi connectivity index (χ0v) is 14.3. The number of hydrogen-bond donors (Lipinski definition) is 1. The van der Waals surface area contributed by atoms with Crippen molar-refractivity contribution in [2.75, 3.05) is 6.54 Å². The molecule has 0 aliphatic rings. The Hall–Kier alpha value is -0.650. The molecule has 19 heavy (non-hydrogen) atoms.